The maximum Gasteiger partial charge on any atom is 0.270 e. The lowest BCUT2D eigenvalue weighted by molar-refractivity contribution is -0.118. The van der Waals surface area contributed by atoms with Gasteiger partial charge in [0.2, 0.25) is 5.91 Å². The molecular formula is C20H20N4O2. The van der Waals surface area contributed by atoms with Crippen LogP contribution in [0.1, 0.15) is 28.5 Å². The quantitative estimate of drug-likeness (QED) is 0.717. The molecule has 0 saturated carbocycles. The van der Waals surface area contributed by atoms with Crippen LogP contribution >= 0.6 is 0 Å². The summed E-state index contributed by atoms with van der Waals surface area (Å²) in [4.78, 5) is 24.2. The molecule has 3 N–H and O–H groups in total. The van der Waals surface area contributed by atoms with Gasteiger partial charge in [0.1, 0.15) is 5.69 Å². The molecule has 0 aliphatic heterocycles. The number of nitrogens with two attached hydrogens (primary N) is 1. The summed E-state index contributed by atoms with van der Waals surface area (Å²) in [6.45, 7) is 0. The average Bonchev–Trinajstić information content (AvgIpc) is 3.04. The minimum Gasteiger partial charge on any atom is -0.370 e. The Labute approximate surface area is 151 Å². The van der Waals surface area contributed by atoms with E-state index < -0.39 is 11.9 Å². The zero-order valence-electron chi connectivity index (χ0n) is 14.4. The highest BCUT2D eigenvalue weighted by Crippen LogP contribution is 2.20. The number of benzene rings is 2. The maximum absolute atomic E-state index is 12.8. The number of aryl methyl sites for hydroxylation is 1. The van der Waals surface area contributed by atoms with E-state index in [2.05, 4.69) is 10.4 Å². The first kappa shape index (κ1) is 17.4. The monoisotopic (exact) mass is 348 g/mol. The van der Waals surface area contributed by atoms with Crippen LogP contribution in [0.3, 0.4) is 0 Å². The molecule has 0 spiro atoms. The highest BCUT2D eigenvalue weighted by molar-refractivity contribution is 5.94. The van der Waals surface area contributed by atoms with Crippen LogP contribution < -0.4 is 11.1 Å². The Morgan fingerprint density at radius 3 is 2.31 bits per heavy atom. The number of aromatic nitrogens is 2. The van der Waals surface area contributed by atoms with Crippen molar-refractivity contribution in [2.45, 2.75) is 12.5 Å². The molecule has 0 radical (unpaired) electrons. The molecule has 1 heterocycles. The summed E-state index contributed by atoms with van der Waals surface area (Å²) < 4.78 is 1.53. The molecule has 1 atom stereocenters. The molecule has 2 amide bonds. The van der Waals surface area contributed by atoms with Gasteiger partial charge in [-0.3, -0.25) is 14.3 Å². The third kappa shape index (κ3) is 3.97. The lowest BCUT2D eigenvalue weighted by atomic mass is 10.0. The molecule has 0 aliphatic carbocycles. The zero-order valence-corrected chi connectivity index (χ0v) is 14.4. The summed E-state index contributed by atoms with van der Waals surface area (Å²) in [5.74, 6) is -0.786. The van der Waals surface area contributed by atoms with E-state index in [0.717, 1.165) is 11.1 Å². The second-order valence-electron chi connectivity index (χ2n) is 6.01. The molecule has 0 fully saturated rings. The molecule has 2 aromatic carbocycles. The van der Waals surface area contributed by atoms with Gasteiger partial charge < -0.3 is 11.1 Å². The fraction of sp³-hybridized carbons (Fsp3) is 0.150. The number of rotatable bonds is 6. The van der Waals surface area contributed by atoms with E-state index in [1.165, 1.54) is 4.68 Å². The SMILES string of the molecule is Cn1nc(-c2ccccc2)cc1C(=O)N[C@H](CC(N)=O)c1ccccc1. The largest absolute Gasteiger partial charge is 0.370 e. The Morgan fingerprint density at radius 2 is 1.69 bits per heavy atom. The number of nitrogens with zero attached hydrogens (tertiary/aromatic N) is 2. The molecule has 132 valence electrons. The van der Waals surface area contributed by atoms with Crippen molar-refractivity contribution in [3.8, 4) is 11.3 Å². The van der Waals surface area contributed by atoms with Crippen molar-refractivity contribution >= 4 is 11.8 Å². The van der Waals surface area contributed by atoms with Gasteiger partial charge in [-0.15, -0.1) is 0 Å². The molecule has 0 unspecified atom stereocenters. The Morgan fingerprint density at radius 1 is 1.08 bits per heavy atom. The smallest absolute Gasteiger partial charge is 0.270 e. The average molecular weight is 348 g/mol. The second kappa shape index (κ2) is 7.65. The third-order valence-corrected chi connectivity index (χ3v) is 4.09. The molecule has 0 aliphatic rings. The zero-order chi connectivity index (χ0) is 18.5. The van der Waals surface area contributed by atoms with Crippen LogP contribution in [0.25, 0.3) is 11.3 Å². The minimum atomic E-state index is -0.490. The second-order valence-corrected chi connectivity index (χ2v) is 6.01. The van der Waals surface area contributed by atoms with Crippen molar-refractivity contribution in [3.05, 3.63) is 78.0 Å². The standard InChI is InChI=1S/C20H20N4O2/c1-24-18(12-17(23-24)15-10-6-3-7-11-15)20(26)22-16(13-19(21)25)14-8-4-2-5-9-14/h2-12,16H,13H2,1H3,(H2,21,25)(H,22,26)/t16-/m1/s1. The summed E-state index contributed by atoms with van der Waals surface area (Å²) in [7, 11) is 1.72. The number of carbonyl (C=O) groups is 2. The topological polar surface area (TPSA) is 90.0 Å². The van der Waals surface area contributed by atoms with Gasteiger partial charge in [0.15, 0.2) is 0 Å². The van der Waals surface area contributed by atoms with Crippen LogP contribution in [-0.4, -0.2) is 21.6 Å². The lowest BCUT2D eigenvalue weighted by Crippen LogP contribution is -2.32. The number of carbonyl (C=O) groups excluding carboxylic acids is 2. The van der Waals surface area contributed by atoms with Crippen LogP contribution in [0.4, 0.5) is 0 Å². The summed E-state index contributed by atoms with van der Waals surface area (Å²) in [5, 5.41) is 7.29. The highest BCUT2D eigenvalue weighted by Gasteiger charge is 2.20. The predicted molar refractivity (Wildman–Crippen MR) is 99.1 cm³/mol. The highest BCUT2D eigenvalue weighted by atomic mass is 16.2. The third-order valence-electron chi connectivity index (χ3n) is 4.09. The molecular weight excluding hydrogens is 328 g/mol. The molecule has 0 saturated heterocycles. The van der Waals surface area contributed by atoms with Crippen LogP contribution in [-0.2, 0) is 11.8 Å². The van der Waals surface area contributed by atoms with Crippen molar-refractivity contribution in [1.82, 2.24) is 15.1 Å². The fourth-order valence-electron chi connectivity index (χ4n) is 2.80. The molecule has 3 rings (SSSR count). The van der Waals surface area contributed by atoms with Crippen LogP contribution in [0, 0.1) is 0 Å². The first-order valence-corrected chi connectivity index (χ1v) is 8.28. The fourth-order valence-corrected chi connectivity index (χ4v) is 2.80. The van der Waals surface area contributed by atoms with Crippen LogP contribution in [0.5, 0.6) is 0 Å². The Bertz CT molecular complexity index is 904. The van der Waals surface area contributed by atoms with Crippen molar-refractivity contribution in [2.24, 2.45) is 12.8 Å². The molecule has 6 nitrogen and oxygen atoms in total. The van der Waals surface area contributed by atoms with Gasteiger partial charge in [0, 0.05) is 12.6 Å². The Kier molecular flexibility index (Phi) is 5.12. The van der Waals surface area contributed by atoms with E-state index in [0.29, 0.717) is 11.4 Å². The maximum atomic E-state index is 12.8. The first-order valence-electron chi connectivity index (χ1n) is 8.28. The van der Waals surface area contributed by atoms with Crippen molar-refractivity contribution in [2.75, 3.05) is 0 Å². The van der Waals surface area contributed by atoms with Gasteiger partial charge in [-0.05, 0) is 11.6 Å². The van der Waals surface area contributed by atoms with Gasteiger partial charge in [0.25, 0.3) is 5.91 Å². The minimum absolute atomic E-state index is 0.0269. The van der Waals surface area contributed by atoms with Crippen molar-refractivity contribution < 1.29 is 9.59 Å². The molecule has 6 heteroatoms. The molecule has 1 aromatic heterocycles. The Balaban J connectivity index is 1.84. The van der Waals surface area contributed by atoms with E-state index in [-0.39, 0.29) is 12.3 Å². The van der Waals surface area contributed by atoms with Gasteiger partial charge in [0.05, 0.1) is 18.2 Å². The normalized spacial score (nSPS) is 11.7. The van der Waals surface area contributed by atoms with E-state index >= 15 is 0 Å². The van der Waals surface area contributed by atoms with E-state index in [1.54, 1.807) is 13.1 Å². The van der Waals surface area contributed by atoms with Crippen LogP contribution in [0.15, 0.2) is 66.7 Å². The lowest BCUT2D eigenvalue weighted by Gasteiger charge is -2.17. The van der Waals surface area contributed by atoms with Gasteiger partial charge >= 0.3 is 0 Å². The molecule has 0 bridgehead atoms. The van der Waals surface area contributed by atoms with Crippen molar-refractivity contribution in [3.63, 3.8) is 0 Å². The number of hydrogen-bond acceptors (Lipinski definition) is 3. The number of primary amides is 1. The van der Waals surface area contributed by atoms with E-state index in [9.17, 15) is 9.59 Å². The summed E-state index contributed by atoms with van der Waals surface area (Å²) in [6, 6.07) is 20.2. The van der Waals surface area contributed by atoms with Crippen LogP contribution in [0.2, 0.25) is 0 Å². The van der Waals surface area contributed by atoms with E-state index in [1.807, 2.05) is 60.7 Å². The van der Waals surface area contributed by atoms with Gasteiger partial charge in [-0.25, -0.2) is 0 Å². The summed E-state index contributed by atoms with van der Waals surface area (Å²) in [6.07, 6.45) is 0.0269. The first-order chi connectivity index (χ1) is 12.5. The van der Waals surface area contributed by atoms with E-state index in [4.69, 9.17) is 5.73 Å². The molecule has 26 heavy (non-hydrogen) atoms. The number of nitrogens with one attached hydrogen (secondary N) is 1. The Hall–Kier alpha value is -3.41. The predicted octanol–water partition coefficient (Wildman–Crippen LogP) is 2.43. The number of amides is 2. The van der Waals surface area contributed by atoms with Gasteiger partial charge in [-0.1, -0.05) is 60.7 Å². The molecule has 3 aromatic rings. The van der Waals surface area contributed by atoms with Crippen molar-refractivity contribution in [1.29, 1.82) is 0 Å². The summed E-state index contributed by atoms with van der Waals surface area (Å²) >= 11 is 0. The number of hydrogen-bond donors (Lipinski definition) is 2. The summed E-state index contributed by atoms with van der Waals surface area (Å²) in [5.41, 5.74) is 8.22. The van der Waals surface area contributed by atoms with Gasteiger partial charge in [-0.2, -0.15) is 5.10 Å².